The number of carbonyl (C=O) groups is 1. The first-order valence-electron chi connectivity index (χ1n) is 9.86. The molecule has 0 unspecified atom stereocenters. The number of hydrogen-bond donors (Lipinski definition) is 0. The van der Waals surface area contributed by atoms with Gasteiger partial charge in [-0.05, 0) is 67.3 Å². The van der Waals surface area contributed by atoms with Crippen molar-refractivity contribution >= 4 is 33.3 Å². The number of sulfonamides is 1. The molecule has 0 atom stereocenters. The van der Waals surface area contributed by atoms with E-state index in [0.717, 1.165) is 5.56 Å². The number of benzene rings is 2. The number of carbonyl (C=O) groups excluding carboxylic acids is 1. The highest BCUT2D eigenvalue weighted by atomic mass is 35.5. The molecular formula is C21H22ClN2O6S-. The number of nitro benzene ring substituents is 1. The molecule has 10 heteroatoms. The third kappa shape index (κ3) is 5.81. The molecule has 8 nitrogen and oxygen atoms in total. The van der Waals surface area contributed by atoms with Crippen LogP contribution < -0.4 is 5.11 Å². The minimum atomic E-state index is -3.93. The first kappa shape index (κ1) is 23.2. The number of nitro groups is 1. The molecule has 1 aliphatic carbocycles. The maximum atomic E-state index is 13.4. The zero-order valence-corrected chi connectivity index (χ0v) is 18.2. The van der Waals surface area contributed by atoms with Crippen LogP contribution in [0, 0.1) is 22.0 Å². The van der Waals surface area contributed by atoms with Gasteiger partial charge in [-0.1, -0.05) is 23.7 Å². The molecule has 166 valence electrons. The second kappa shape index (κ2) is 9.76. The minimum absolute atomic E-state index is 0.00993. The van der Waals surface area contributed by atoms with E-state index in [2.05, 4.69) is 0 Å². The van der Waals surface area contributed by atoms with Crippen LogP contribution in [-0.2, 0) is 21.4 Å². The van der Waals surface area contributed by atoms with Gasteiger partial charge in [-0.25, -0.2) is 8.42 Å². The average molecular weight is 466 g/mol. The first-order valence-corrected chi connectivity index (χ1v) is 11.7. The highest BCUT2D eigenvalue weighted by Crippen LogP contribution is 2.31. The number of halogens is 1. The molecule has 0 bridgehead atoms. The number of carboxylic acid groups (broad SMARTS) is 1. The Kier molecular flexibility index (Phi) is 7.30. The predicted molar refractivity (Wildman–Crippen MR) is 113 cm³/mol. The number of hydrogen-bond acceptors (Lipinski definition) is 6. The van der Waals surface area contributed by atoms with Crippen LogP contribution in [0.4, 0.5) is 5.69 Å². The molecular weight excluding hydrogens is 444 g/mol. The summed E-state index contributed by atoms with van der Waals surface area (Å²) in [4.78, 5) is 21.4. The van der Waals surface area contributed by atoms with Gasteiger partial charge in [-0.15, -0.1) is 0 Å². The number of non-ortho nitro benzene ring substituents is 1. The highest BCUT2D eigenvalue weighted by Gasteiger charge is 2.30. The van der Waals surface area contributed by atoms with Crippen LogP contribution in [0.1, 0.15) is 31.2 Å². The Morgan fingerprint density at radius 3 is 2.13 bits per heavy atom. The molecule has 0 spiro atoms. The van der Waals surface area contributed by atoms with Gasteiger partial charge in [0, 0.05) is 36.2 Å². The smallest absolute Gasteiger partial charge is 0.269 e. The number of aliphatic carboxylic acids is 1. The largest absolute Gasteiger partial charge is 0.550 e. The van der Waals surface area contributed by atoms with E-state index < -0.39 is 26.8 Å². The predicted octanol–water partition coefficient (Wildman–Crippen LogP) is 3.00. The van der Waals surface area contributed by atoms with Crippen molar-refractivity contribution in [2.45, 2.75) is 37.1 Å². The van der Waals surface area contributed by atoms with E-state index in [1.165, 1.54) is 28.6 Å². The first-order chi connectivity index (χ1) is 14.7. The number of carboxylic acids is 1. The van der Waals surface area contributed by atoms with Crippen LogP contribution >= 0.6 is 11.6 Å². The third-order valence-electron chi connectivity index (χ3n) is 5.60. The molecule has 2 aromatic carbocycles. The lowest BCUT2D eigenvalue weighted by molar-refractivity contribution is -0.384. The molecule has 0 heterocycles. The molecule has 31 heavy (non-hydrogen) atoms. The van der Waals surface area contributed by atoms with Crippen LogP contribution in [0.15, 0.2) is 53.4 Å². The van der Waals surface area contributed by atoms with E-state index in [4.69, 9.17) is 11.6 Å². The van der Waals surface area contributed by atoms with Crippen molar-refractivity contribution < 1.29 is 23.2 Å². The summed E-state index contributed by atoms with van der Waals surface area (Å²) >= 11 is 5.93. The van der Waals surface area contributed by atoms with Crippen molar-refractivity contribution in [1.29, 1.82) is 0 Å². The van der Waals surface area contributed by atoms with Gasteiger partial charge in [0.25, 0.3) is 5.69 Å². The fraction of sp³-hybridized carbons (Fsp3) is 0.381. The van der Waals surface area contributed by atoms with Gasteiger partial charge in [-0.3, -0.25) is 10.1 Å². The molecule has 3 rings (SSSR count). The Labute approximate surface area is 185 Å². The van der Waals surface area contributed by atoms with E-state index in [-0.39, 0.29) is 29.6 Å². The Morgan fingerprint density at radius 1 is 1.03 bits per heavy atom. The molecule has 0 aliphatic heterocycles. The SMILES string of the molecule is O=C([O-])C1CCC(CN(Cc2ccc(Cl)cc2)S(=O)(=O)c2ccc([N+](=O)[O-])cc2)CC1. The topological polar surface area (TPSA) is 121 Å². The fourth-order valence-electron chi connectivity index (χ4n) is 3.80. The summed E-state index contributed by atoms with van der Waals surface area (Å²) in [5.41, 5.74) is 0.558. The summed E-state index contributed by atoms with van der Waals surface area (Å²) in [5, 5.41) is 22.5. The molecule has 1 saturated carbocycles. The van der Waals surface area contributed by atoms with Crippen molar-refractivity contribution in [1.82, 2.24) is 4.31 Å². The molecule has 0 radical (unpaired) electrons. The van der Waals surface area contributed by atoms with Crippen molar-refractivity contribution in [3.05, 3.63) is 69.2 Å². The van der Waals surface area contributed by atoms with Crippen molar-refractivity contribution in [2.75, 3.05) is 6.54 Å². The lowest BCUT2D eigenvalue weighted by atomic mass is 9.82. The molecule has 2 aromatic rings. The summed E-state index contributed by atoms with van der Waals surface area (Å²) in [6.45, 7) is 0.332. The van der Waals surface area contributed by atoms with Crippen LogP contribution in [0.2, 0.25) is 5.02 Å². The minimum Gasteiger partial charge on any atom is -0.550 e. The summed E-state index contributed by atoms with van der Waals surface area (Å²) < 4.78 is 28.1. The monoisotopic (exact) mass is 465 g/mol. The summed E-state index contributed by atoms with van der Waals surface area (Å²) in [6, 6.07) is 11.6. The van der Waals surface area contributed by atoms with E-state index in [1.54, 1.807) is 24.3 Å². The lowest BCUT2D eigenvalue weighted by Crippen LogP contribution is -2.38. The molecule has 1 fully saturated rings. The van der Waals surface area contributed by atoms with Gasteiger partial charge in [0.05, 0.1) is 9.82 Å². The summed E-state index contributed by atoms with van der Waals surface area (Å²) in [7, 11) is -3.93. The Morgan fingerprint density at radius 2 is 1.61 bits per heavy atom. The molecule has 0 N–H and O–H groups in total. The quantitative estimate of drug-likeness (QED) is 0.436. The maximum Gasteiger partial charge on any atom is 0.269 e. The molecule has 0 saturated heterocycles. The average Bonchev–Trinajstić information content (AvgIpc) is 2.75. The second-order valence-corrected chi connectivity index (χ2v) is 10.1. The number of nitrogens with zero attached hydrogens (tertiary/aromatic N) is 2. The van der Waals surface area contributed by atoms with Crippen LogP contribution in [0.25, 0.3) is 0 Å². The zero-order valence-electron chi connectivity index (χ0n) is 16.6. The lowest BCUT2D eigenvalue weighted by Gasteiger charge is -2.32. The molecule has 0 amide bonds. The number of rotatable bonds is 8. The highest BCUT2D eigenvalue weighted by molar-refractivity contribution is 7.89. The van der Waals surface area contributed by atoms with Gasteiger partial charge < -0.3 is 9.90 Å². The summed E-state index contributed by atoms with van der Waals surface area (Å²) in [6.07, 6.45) is 2.09. The molecule has 0 aromatic heterocycles. The van der Waals surface area contributed by atoms with Crippen molar-refractivity contribution in [2.24, 2.45) is 11.8 Å². The van der Waals surface area contributed by atoms with Gasteiger partial charge in [0.1, 0.15) is 0 Å². The van der Waals surface area contributed by atoms with E-state index in [9.17, 15) is 28.4 Å². The Hall–Kier alpha value is -2.49. The van der Waals surface area contributed by atoms with E-state index >= 15 is 0 Å². The van der Waals surface area contributed by atoms with E-state index in [1.807, 2.05) is 0 Å². The van der Waals surface area contributed by atoms with Crippen molar-refractivity contribution in [3.63, 3.8) is 0 Å². The Bertz CT molecular complexity index is 1030. The maximum absolute atomic E-state index is 13.4. The second-order valence-electron chi connectivity index (χ2n) is 7.71. The zero-order chi connectivity index (χ0) is 22.6. The fourth-order valence-corrected chi connectivity index (χ4v) is 5.43. The standard InChI is InChI=1S/C21H23ClN2O6S/c22-18-7-3-16(4-8-18)14-23(13-15-1-5-17(6-2-15)21(25)26)31(29,30)20-11-9-19(10-12-20)24(27)28/h3-4,7-12,15,17H,1-2,5-6,13-14H2,(H,25,26)/p-1. The summed E-state index contributed by atoms with van der Waals surface area (Å²) in [5.74, 6) is -1.54. The van der Waals surface area contributed by atoms with E-state index in [0.29, 0.717) is 30.7 Å². The van der Waals surface area contributed by atoms with Crippen molar-refractivity contribution in [3.8, 4) is 0 Å². The van der Waals surface area contributed by atoms with Gasteiger partial charge in [0.15, 0.2) is 0 Å². The molecule has 1 aliphatic rings. The van der Waals surface area contributed by atoms with Crippen LogP contribution in [0.5, 0.6) is 0 Å². The van der Waals surface area contributed by atoms with Gasteiger partial charge in [0.2, 0.25) is 10.0 Å². The van der Waals surface area contributed by atoms with Crippen LogP contribution in [-0.4, -0.2) is 30.2 Å². The Balaban J connectivity index is 1.84. The van der Waals surface area contributed by atoms with Crippen LogP contribution in [0.3, 0.4) is 0 Å². The third-order valence-corrected chi connectivity index (χ3v) is 7.68. The van der Waals surface area contributed by atoms with Gasteiger partial charge in [-0.2, -0.15) is 4.31 Å². The van der Waals surface area contributed by atoms with Gasteiger partial charge >= 0.3 is 0 Å². The normalized spacial score (nSPS) is 19.3.